The van der Waals surface area contributed by atoms with E-state index in [2.05, 4.69) is 425 Å². The minimum Gasteiger partial charge on any atom is -0.494 e. The van der Waals surface area contributed by atoms with E-state index in [1.165, 1.54) is 174 Å². The Hall–Kier alpha value is -13.8. The molecule has 0 spiro atoms. The highest BCUT2D eigenvalue weighted by atomic mass is 16.5. The maximum atomic E-state index is 6.25. The van der Waals surface area contributed by atoms with Crippen molar-refractivity contribution in [2.75, 3.05) is 23.0 Å². The van der Waals surface area contributed by atoms with E-state index in [1.807, 2.05) is 12.2 Å². The third-order valence-electron chi connectivity index (χ3n) is 28.6. The zero-order valence-electron chi connectivity index (χ0n) is 76.3. The minimum absolute atomic E-state index is 0.170. The van der Waals surface area contributed by atoms with Gasteiger partial charge in [-0.3, -0.25) is 0 Å². The molecule has 0 N–H and O–H groups in total. The molecule has 0 saturated heterocycles. The molecule has 2 atom stereocenters. The molecule has 4 heteroatoms. The van der Waals surface area contributed by atoms with Crippen molar-refractivity contribution < 1.29 is 9.47 Å². The molecular formula is C127H120N2O2. The number of rotatable bonds is 40. The van der Waals surface area contributed by atoms with Crippen LogP contribution in [0.5, 0.6) is 11.5 Å². The molecule has 0 aromatic heterocycles. The van der Waals surface area contributed by atoms with Crippen molar-refractivity contribution in [2.45, 2.75) is 159 Å². The molecule has 131 heavy (non-hydrogen) atoms. The van der Waals surface area contributed by atoms with Crippen LogP contribution in [0.3, 0.4) is 0 Å². The molecule has 0 heterocycles. The normalized spacial score (nSPS) is 14.6. The Morgan fingerprint density at radius 2 is 0.511 bits per heavy atom. The van der Waals surface area contributed by atoms with Crippen LogP contribution in [0.15, 0.2) is 401 Å². The molecule has 4 nitrogen and oxygen atoms in total. The average molecular weight is 1710 g/mol. The SMILES string of the molecule is C=Cc1ccc(OCCCCCCC2(c3ccccc3)c3ccccc3-c3ccc(N(c4ccc(-c5ccccc5)cc4)c4ccc(-c5ccc6c(c5)C(CCCCCC)(CCCCCC)c5cc(-c7ccc(N(c8ccc(-c9ccccc9)cc8)c8ccc9c(c8)C(CCCCCCOc8ccc(C=C)cc8)(c8ccccc8)c8ccccc8-9)cc7)ccc5-6)cc4)cc32)cc1. The molecule has 650 valence electrons. The summed E-state index contributed by atoms with van der Waals surface area (Å²) in [7, 11) is 0. The molecule has 3 aliphatic rings. The van der Waals surface area contributed by atoms with Gasteiger partial charge in [-0.25, -0.2) is 0 Å². The van der Waals surface area contributed by atoms with Crippen molar-refractivity contribution in [3.63, 3.8) is 0 Å². The largest absolute Gasteiger partial charge is 0.494 e. The lowest BCUT2D eigenvalue weighted by molar-refractivity contribution is 0.303. The number of hydrogen-bond donors (Lipinski definition) is 0. The van der Waals surface area contributed by atoms with Crippen LogP contribution < -0.4 is 19.3 Å². The summed E-state index contributed by atoms with van der Waals surface area (Å²) in [4.78, 5) is 5.01. The summed E-state index contributed by atoms with van der Waals surface area (Å²) in [6, 6.07) is 147. The zero-order valence-corrected chi connectivity index (χ0v) is 76.3. The van der Waals surface area contributed by atoms with Gasteiger partial charge in [-0.1, -0.05) is 408 Å². The van der Waals surface area contributed by atoms with Crippen LogP contribution in [0.2, 0.25) is 0 Å². The van der Waals surface area contributed by atoms with Gasteiger partial charge in [-0.2, -0.15) is 0 Å². The second-order valence-corrected chi connectivity index (χ2v) is 36.5. The first-order valence-electron chi connectivity index (χ1n) is 48.5. The van der Waals surface area contributed by atoms with Crippen molar-refractivity contribution in [1.82, 2.24) is 0 Å². The first-order valence-corrected chi connectivity index (χ1v) is 48.5. The maximum Gasteiger partial charge on any atom is 0.119 e. The first kappa shape index (κ1) is 86.6. The number of unbranched alkanes of at least 4 members (excludes halogenated alkanes) is 12. The monoisotopic (exact) mass is 1700 g/mol. The predicted octanol–water partition coefficient (Wildman–Crippen LogP) is 35.5. The zero-order chi connectivity index (χ0) is 88.8. The third kappa shape index (κ3) is 17.7. The molecule has 3 aliphatic carbocycles. The number of nitrogens with zero attached hydrogens (tertiary/aromatic N) is 2. The smallest absolute Gasteiger partial charge is 0.119 e. The number of fused-ring (bicyclic) bond motifs is 9. The molecule has 0 fully saturated rings. The van der Waals surface area contributed by atoms with Gasteiger partial charge in [0.2, 0.25) is 0 Å². The highest BCUT2D eigenvalue weighted by molar-refractivity contribution is 5.92. The van der Waals surface area contributed by atoms with Crippen LogP contribution in [0.4, 0.5) is 34.1 Å². The van der Waals surface area contributed by atoms with Crippen LogP contribution >= 0.6 is 0 Å². The Balaban J connectivity index is 0.650. The Labute approximate surface area is 778 Å². The fraction of sp³-hybridized carbons (Fsp3) is 0.213. The molecule has 0 radical (unpaired) electrons. The number of ether oxygens (including phenoxy) is 2. The fourth-order valence-electron chi connectivity index (χ4n) is 21.9. The Kier molecular flexibility index (Phi) is 26.5. The molecule has 0 amide bonds. The van der Waals surface area contributed by atoms with Crippen LogP contribution in [-0.2, 0) is 16.2 Å². The fourth-order valence-corrected chi connectivity index (χ4v) is 21.9. The van der Waals surface area contributed by atoms with Crippen molar-refractivity contribution >= 4 is 46.3 Å². The van der Waals surface area contributed by atoms with Gasteiger partial charge in [0.15, 0.2) is 0 Å². The quantitative estimate of drug-likeness (QED) is 0.0357. The predicted molar refractivity (Wildman–Crippen MR) is 555 cm³/mol. The van der Waals surface area contributed by atoms with Gasteiger partial charge in [-0.15, -0.1) is 0 Å². The summed E-state index contributed by atoms with van der Waals surface area (Å²) in [6.45, 7) is 14.0. The van der Waals surface area contributed by atoms with Crippen molar-refractivity contribution in [3.8, 4) is 89.4 Å². The van der Waals surface area contributed by atoms with Crippen molar-refractivity contribution in [2.24, 2.45) is 0 Å². The molecule has 2 unspecified atom stereocenters. The molecular weight excluding hydrogens is 1590 g/mol. The summed E-state index contributed by atoms with van der Waals surface area (Å²) in [5.74, 6) is 1.82. The lowest BCUT2D eigenvalue weighted by Crippen LogP contribution is -2.27. The minimum atomic E-state index is -0.362. The number of benzene rings is 16. The van der Waals surface area contributed by atoms with Crippen LogP contribution in [-0.4, -0.2) is 13.2 Å². The lowest BCUT2D eigenvalue weighted by atomic mass is 9.69. The average Bonchev–Trinajstić information content (AvgIpc) is 1.56. The molecule has 16 aromatic carbocycles. The standard InChI is InChI=1S/C127H120N2O2/c1-5-9-11-33-83-125(84-34-12-10-6-2)121-89-101(99-59-69-107(70-60-99)128(105-65-55-97(56-66-105)95-39-21-17-22-40-95)109-73-81-117-113-47-29-31-49-119(113)126(123(117)91-109,103-43-25-19-26-44-103)85-35-13-15-37-87-130-111-75-51-93(7-3)52-76-111)63-79-115(121)116-80-64-102(90-122(116)125)100-61-71-108(72-62-100)129(106-67-57-98(58-68-106)96-41-23-18-24-42-96)110-74-82-118-114-48-30-32-50-120(114)127(124(118)92-110,104-45-27-20-28-46-104)86-36-14-16-38-88-131-112-77-53-94(8-4)54-78-112/h7-8,17-32,39-82,89-92H,3-6,9-16,33-38,83-88H2,1-2H3. The first-order chi connectivity index (χ1) is 64.7. The van der Waals surface area contributed by atoms with E-state index >= 15 is 0 Å². The molecule has 0 bridgehead atoms. The van der Waals surface area contributed by atoms with Gasteiger partial charge >= 0.3 is 0 Å². The van der Waals surface area contributed by atoms with Gasteiger partial charge in [-0.05, 0) is 281 Å². The topological polar surface area (TPSA) is 24.9 Å². The lowest BCUT2D eigenvalue weighted by Gasteiger charge is -2.34. The van der Waals surface area contributed by atoms with Gasteiger partial charge < -0.3 is 19.3 Å². The van der Waals surface area contributed by atoms with Gasteiger partial charge in [0.1, 0.15) is 11.5 Å². The Morgan fingerprint density at radius 3 is 0.878 bits per heavy atom. The van der Waals surface area contributed by atoms with E-state index in [-0.39, 0.29) is 16.2 Å². The second kappa shape index (κ2) is 40.1. The summed E-state index contributed by atoms with van der Waals surface area (Å²) < 4.78 is 12.5. The van der Waals surface area contributed by atoms with E-state index < -0.39 is 0 Å². The van der Waals surface area contributed by atoms with Crippen LogP contribution in [0.25, 0.3) is 90.0 Å². The number of hydrogen-bond acceptors (Lipinski definition) is 4. The summed E-state index contributed by atoms with van der Waals surface area (Å²) in [5.41, 5.74) is 37.0. The van der Waals surface area contributed by atoms with Crippen molar-refractivity contribution in [3.05, 3.63) is 457 Å². The Bertz CT molecular complexity index is 6160. The molecule has 0 saturated carbocycles. The summed E-state index contributed by atoms with van der Waals surface area (Å²) >= 11 is 0. The van der Waals surface area contributed by atoms with E-state index in [1.54, 1.807) is 0 Å². The highest BCUT2D eigenvalue weighted by Crippen LogP contribution is 2.61. The van der Waals surface area contributed by atoms with E-state index in [0.29, 0.717) is 13.2 Å². The highest BCUT2D eigenvalue weighted by Gasteiger charge is 2.47. The summed E-state index contributed by atoms with van der Waals surface area (Å²) in [5, 5.41) is 0. The van der Waals surface area contributed by atoms with E-state index in [9.17, 15) is 0 Å². The third-order valence-corrected chi connectivity index (χ3v) is 28.6. The molecule has 19 rings (SSSR count). The van der Waals surface area contributed by atoms with Crippen LogP contribution in [0.1, 0.15) is 198 Å². The van der Waals surface area contributed by atoms with Crippen molar-refractivity contribution in [1.29, 1.82) is 0 Å². The van der Waals surface area contributed by atoms with Gasteiger partial charge in [0.25, 0.3) is 0 Å². The van der Waals surface area contributed by atoms with E-state index in [0.717, 1.165) is 134 Å². The summed E-state index contributed by atoms with van der Waals surface area (Å²) in [6.07, 6.45) is 26.2. The Morgan fingerprint density at radius 1 is 0.229 bits per heavy atom. The van der Waals surface area contributed by atoms with Gasteiger partial charge in [0, 0.05) is 50.4 Å². The van der Waals surface area contributed by atoms with Gasteiger partial charge in [0.05, 0.1) is 13.2 Å². The molecule has 16 aromatic rings. The second-order valence-electron chi connectivity index (χ2n) is 36.5. The van der Waals surface area contributed by atoms with Crippen LogP contribution in [0, 0.1) is 0 Å². The molecule has 0 aliphatic heterocycles. The number of anilines is 6. The van der Waals surface area contributed by atoms with E-state index in [4.69, 9.17) is 9.47 Å². The maximum absolute atomic E-state index is 6.25.